The van der Waals surface area contributed by atoms with Crippen LogP contribution in [0.5, 0.6) is 0 Å². The fraction of sp³-hybridized carbons (Fsp3) is 0.706. The molecule has 2 N–H and O–H groups in total. The zero-order valence-electron chi connectivity index (χ0n) is 13.8. The summed E-state index contributed by atoms with van der Waals surface area (Å²) in [6.07, 6.45) is 3.86. The van der Waals surface area contributed by atoms with Crippen LogP contribution in [0.1, 0.15) is 57.4 Å². The number of likely N-dealkylation sites (tertiary alicyclic amines) is 1. The van der Waals surface area contributed by atoms with E-state index in [0.29, 0.717) is 6.42 Å². The monoisotopic (exact) mass is 324 g/mol. The topological polar surface area (TPSA) is 52.6 Å². The average Bonchev–Trinajstić information content (AvgIpc) is 2.98. The van der Waals surface area contributed by atoms with E-state index in [9.17, 15) is 9.90 Å². The Bertz CT molecular complexity index is 466. The summed E-state index contributed by atoms with van der Waals surface area (Å²) in [7, 11) is 0. The van der Waals surface area contributed by atoms with E-state index in [-0.39, 0.29) is 30.1 Å². The van der Waals surface area contributed by atoms with Crippen molar-refractivity contribution in [1.82, 2.24) is 10.2 Å². The highest BCUT2D eigenvalue weighted by atomic mass is 32.1. The molecule has 124 valence electrons. The molecule has 2 atom stereocenters. The summed E-state index contributed by atoms with van der Waals surface area (Å²) in [5.74, 6) is 0. The van der Waals surface area contributed by atoms with Crippen LogP contribution < -0.4 is 5.32 Å². The molecule has 4 nitrogen and oxygen atoms in total. The largest absolute Gasteiger partial charge is 0.396 e. The third kappa shape index (κ3) is 4.23. The van der Waals surface area contributed by atoms with Crippen LogP contribution in [-0.2, 0) is 0 Å². The number of hydrogen-bond acceptors (Lipinski definition) is 3. The Morgan fingerprint density at radius 2 is 2.27 bits per heavy atom. The Hall–Kier alpha value is -1.07. The van der Waals surface area contributed by atoms with Gasteiger partial charge in [0, 0.05) is 24.1 Å². The van der Waals surface area contributed by atoms with Gasteiger partial charge in [-0.15, -0.1) is 11.3 Å². The molecule has 1 saturated heterocycles. The number of piperidine rings is 1. The number of aliphatic hydroxyl groups excluding tert-OH is 1. The number of nitrogens with zero attached hydrogens (tertiary/aromatic N) is 1. The predicted octanol–water partition coefficient (Wildman–Crippen LogP) is 3.78. The molecule has 22 heavy (non-hydrogen) atoms. The minimum atomic E-state index is -0.0389. The van der Waals surface area contributed by atoms with Crippen molar-refractivity contribution in [1.29, 1.82) is 0 Å². The summed E-state index contributed by atoms with van der Waals surface area (Å²) in [5.41, 5.74) is -0.0389. The molecule has 0 aliphatic carbocycles. The summed E-state index contributed by atoms with van der Waals surface area (Å²) in [6.45, 7) is 7.39. The van der Waals surface area contributed by atoms with Crippen LogP contribution in [-0.4, -0.2) is 35.2 Å². The van der Waals surface area contributed by atoms with Crippen molar-refractivity contribution in [3.63, 3.8) is 0 Å². The summed E-state index contributed by atoms with van der Waals surface area (Å²) in [6, 6.07) is 4.30. The summed E-state index contributed by atoms with van der Waals surface area (Å²) >= 11 is 1.68. The Balaban J connectivity index is 2.10. The highest BCUT2D eigenvalue weighted by Gasteiger charge is 2.32. The Morgan fingerprint density at radius 3 is 2.86 bits per heavy atom. The van der Waals surface area contributed by atoms with Crippen LogP contribution >= 0.6 is 11.3 Å². The normalized spacial score (nSPS) is 20.7. The SMILES string of the molecule is CC(C)(C)C(NC(=O)N1CCCCC1CCO)c1cccs1. The van der Waals surface area contributed by atoms with E-state index >= 15 is 0 Å². The number of thiophene rings is 1. The van der Waals surface area contributed by atoms with Crippen molar-refractivity contribution in [2.45, 2.75) is 58.5 Å². The third-order valence-electron chi connectivity index (χ3n) is 4.31. The van der Waals surface area contributed by atoms with Crippen LogP contribution in [0.3, 0.4) is 0 Å². The first-order chi connectivity index (χ1) is 10.4. The Kier molecular flexibility index (Phi) is 5.87. The Morgan fingerprint density at radius 1 is 1.50 bits per heavy atom. The number of aliphatic hydroxyl groups is 1. The second-order valence-corrected chi connectivity index (χ2v) is 8.10. The number of nitrogens with one attached hydrogen (secondary N) is 1. The standard InChI is InChI=1S/C17H28N2O2S/c1-17(2,3)15(14-8-6-12-22-14)18-16(21)19-10-5-4-7-13(19)9-11-20/h6,8,12-13,15,20H,4-5,7,9-11H2,1-3H3,(H,18,21). The lowest BCUT2D eigenvalue weighted by Gasteiger charge is -2.38. The molecule has 0 spiro atoms. The molecular formula is C17H28N2O2S. The van der Waals surface area contributed by atoms with Gasteiger partial charge in [0.05, 0.1) is 6.04 Å². The molecule has 0 radical (unpaired) electrons. The number of rotatable bonds is 4. The quantitative estimate of drug-likeness (QED) is 0.885. The van der Waals surface area contributed by atoms with E-state index < -0.39 is 0 Å². The van der Waals surface area contributed by atoms with Gasteiger partial charge in [-0.1, -0.05) is 26.8 Å². The molecule has 2 heterocycles. The molecule has 2 unspecified atom stereocenters. The van der Waals surface area contributed by atoms with Gasteiger partial charge in [-0.2, -0.15) is 0 Å². The number of carbonyl (C=O) groups is 1. The second kappa shape index (κ2) is 7.47. The van der Waals surface area contributed by atoms with Gasteiger partial charge in [-0.25, -0.2) is 4.79 Å². The molecule has 1 aliphatic rings. The minimum Gasteiger partial charge on any atom is -0.396 e. The molecule has 2 amide bonds. The molecule has 0 aromatic carbocycles. The van der Waals surface area contributed by atoms with Crippen molar-refractivity contribution in [3.8, 4) is 0 Å². The first kappa shape index (κ1) is 17.3. The number of urea groups is 1. The van der Waals surface area contributed by atoms with E-state index in [1.54, 1.807) is 11.3 Å². The van der Waals surface area contributed by atoms with Crippen molar-refractivity contribution in [3.05, 3.63) is 22.4 Å². The zero-order chi connectivity index (χ0) is 16.2. The van der Waals surface area contributed by atoms with Crippen LogP contribution in [0.4, 0.5) is 4.79 Å². The average molecular weight is 324 g/mol. The third-order valence-corrected chi connectivity index (χ3v) is 5.25. The fourth-order valence-corrected chi connectivity index (χ4v) is 4.11. The first-order valence-corrected chi connectivity index (χ1v) is 9.03. The fourth-order valence-electron chi connectivity index (χ4n) is 3.09. The van der Waals surface area contributed by atoms with Gasteiger partial charge in [0.2, 0.25) is 0 Å². The van der Waals surface area contributed by atoms with E-state index in [0.717, 1.165) is 25.8 Å². The number of carbonyl (C=O) groups excluding carboxylic acids is 1. The van der Waals surface area contributed by atoms with Gasteiger partial charge in [-0.05, 0) is 42.5 Å². The van der Waals surface area contributed by atoms with Gasteiger partial charge < -0.3 is 15.3 Å². The van der Waals surface area contributed by atoms with Crippen molar-refractivity contribution < 1.29 is 9.90 Å². The molecule has 0 saturated carbocycles. The molecule has 1 aromatic heterocycles. The van der Waals surface area contributed by atoms with Crippen molar-refractivity contribution in [2.24, 2.45) is 5.41 Å². The van der Waals surface area contributed by atoms with E-state index in [1.807, 2.05) is 11.0 Å². The van der Waals surface area contributed by atoms with Gasteiger partial charge in [0.1, 0.15) is 0 Å². The van der Waals surface area contributed by atoms with Crippen LogP contribution in [0.25, 0.3) is 0 Å². The maximum Gasteiger partial charge on any atom is 0.318 e. The highest BCUT2D eigenvalue weighted by molar-refractivity contribution is 7.10. The lowest BCUT2D eigenvalue weighted by atomic mass is 9.86. The lowest BCUT2D eigenvalue weighted by Crippen LogP contribution is -2.51. The van der Waals surface area contributed by atoms with Gasteiger partial charge in [0.25, 0.3) is 0 Å². The molecule has 2 rings (SSSR count). The van der Waals surface area contributed by atoms with Gasteiger partial charge >= 0.3 is 6.03 Å². The maximum absolute atomic E-state index is 12.8. The Labute approximate surface area is 137 Å². The maximum atomic E-state index is 12.8. The summed E-state index contributed by atoms with van der Waals surface area (Å²) < 4.78 is 0. The molecule has 1 fully saturated rings. The number of amides is 2. The van der Waals surface area contributed by atoms with Crippen molar-refractivity contribution in [2.75, 3.05) is 13.2 Å². The van der Waals surface area contributed by atoms with Crippen LogP contribution in [0.2, 0.25) is 0 Å². The first-order valence-electron chi connectivity index (χ1n) is 8.15. The van der Waals surface area contributed by atoms with Gasteiger partial charge in [-0.3, -0.25) is 0 Å². The minimum absolute atomic E-state index is 0.00600. The zero-order valence-corrected chi connectivity index (χ0v) is 14.7. The molecule has 0 bridgehead atoms. The predicted molar refractivity (Wildman–Crippen MR) is 91.1 cm³/mol. The smallest absolute Gasteiger partial charge is 0.318 e. The highest BCUT2D eigenvalue weighted by Crippen LogP contribution is 2.35. The van der Waals surface area contributed by atoms with Crippen LogP contribution in [0.15, 0.2) is 17.5 Å². The van der Waals surface area contributed by atoms with E-state index in [2.05, 4.69) is 37.5 Å². The molecular weight excluding hydrogens is 296 g/mol. The van der Waals surface area contributed by atoms with E-state index in [4.69, 9.17) is 0 Å². The second-order valence-electron chi connectivity index (χ2n) is 7.12. The summed E-state index contributed by atoms with van der Waals surface area (Å²) in [4.78, 5) is 15.9. The summed E-state index contributed by atoms with van der Waals surface area (Å²) in [5, 5.41) is 14.5. The number of hydrogen-bond donors (Lipinski definition) is 2. The van der Waals surface area contributed by atoms with Gasteiger partial charge in [0.15, 0.2) is 0 Å². The van der Waals surface area contributed by atoms with Crippen molar-refractivity contribution >= 4 is 17.4 Å². The molecule has 1 aliphatic heterocycles. The van der Waals surface area contributed by atoms with Crippen LogP contribution in [0, 0.1) is 5.41 Å². The molecule has 1 aromatic rings. The molecule has 5 heteroatoms. The van der Waals surface area contributed by atoms with E-state index in [1.165, 1.54) is 4.88 Å². The lowest BCUT2D eigenvalue weighted by molar-refractivity contribution is 0.123.